The highest BCUT2D eigenvalue weighted by molar-refractivity contribution is 5.95. The van der Waals surface area contributed by atoms with Crippen LogP contribution < -0.4 is 11.1 Å². The van der Waals surface area contributed by atoms with Gasteiger partial charge in [0, 0.05) is 25.2 Å². The molecule has 0 aliphatic carbocycles. The second kappa shape index (κ2) is 7.60. The summed E-state index contributed by atoms with van der Waals surface area (Å²) in [5.41, 5.74) is 5.37. The highest BCUT2D eigenvalue weighted by Gasteiger charge is 2.21. The van der Waals surface area contributed by atoms with Crippen LogP contribution in [-0.4, -0.2) is 24.5 Å². The fourth-order valence-electron chi connectivity index (χ4n) is 2.22. The zero-order valence-electron chi connectivity index (χ0n) is 13.4. The number of anilines is 1. The molecule has 1 aromatic heterocycles. The Kier molecular flexibility index (Phi) is 5.54. The van der Waals surface area contributed by atoms with Crippen LogP contribution in [0.1, 0.15) is 34.8 Å². The Morgan fingerprint density at radius 1 is 1.42 bits per heavy atom. The number of hydrogen-bond acceptors (Lipinski definition) is 6. The smallest absolute Gasteiger partial charge is 0.292 e. The van der Waals surface area contributed by atoms with Gasteiger partial charge in [0.15, 0.2) is 0 Å². The van der Waals surface area contributed by atoms with E-state index >= 15 is 0 Å². The molecule has 0 saturated heterocycles. The predicted molar refractivity (Wildman–Crippen MR) is 87.7 cm³/mol. The Hall–Kier alpha value is -2.87. The number of nitrogen functional groups attached to an aromatic ring is 1. The Labute approximate surface area is 138 Å². The molecule has 2 rings (SSSR count). The third kappa shape index (κ3) is 3.90. The van der Waals surface area contributed by atoms with Crippen molar-refractivity contribution < 1.29 is 18.9 Å². The van der Waals surface area contributed by atoms with E-state index in [-0.39, 0.29) is 23.5 Å². The summed E-state index contributed by atoms with van der Waals surface area (Å²) in [6.45, 7) is 2.17. The number of nitrogens with one attached hydrogen (secondary N) is 1. The molecule has 0 aliphatic heterocycles. The SMILES string of the molecule is CCc1ccc([C@@H](COC)NC(=O)c2ccc(N)c([N+](=O)[O-])c2)o1. The van der Waals surface area contributed by atoms with Gasteiger partial charge < -0.3 is 20.2 Å². The quantitative estimate of drug-likeness (QED) is 0.456. The average molecular weight is 333 g/mol. The maximum absolute atomic E-state index is 12.4. The molecule has 24 heavy (non-hydrogen) atoms. The van der Waals surface area contributed by atoms with Crippen molar-refractivity contribution in [2.24, 2.45) is 0 Å². The minimum atomic E-state index is -0.626. The molecule has 1 atom stereocenters. The number of ether oxygens (including phenoxy) is 1. The van der Waals surface area contributed by atoms with Gasteiger partial charge in [0.2, 0.25) is 0 Å². The number of methoxy groups -OCH3 is 1. The summed E-state index contributed by atoms with van der Waals surface area (Å²) in [5.74, 6) is 0.880. The largest absolute Gasteiger partial charge is 0.464 e. The molecular weight excluding hydrogens is 314 g/mol. The minimum absolute atomic E-state index is 0.00335. The number of rotatable bonds is 7. The third-order valence-electron chi connectivity index (χ3n) is 3.50. The van der Waals surface area contributed by atoms with Crippen LogP contribution in [0.3, 0.4) is 0 Å². The standard InChI is InChI=1S/C16H19N3O5/c1-3-11-5-7-15(24-11)13(9-23-2)18-16(20)10-4-6-12(17)14(8-10)19(21)22/h4-8,13H,3,9,17H2,1-2H3,(H,18,20)/t13-/m1/s1. The van der Waals surface area contributed by atoms with Crippen molar-refractivity contribution in [3.05, 3.63) is 57.5 Å². The summed E-state index contributed by atoms with van der Waals surface area (Å²) >= 11 is 0. The predicted octanol–water partition coefficient (Wildman–Crippen LogP) is 2.45. The molecule has 8 nitrogen and oxygen atoms in total. The molecule has 3 N–H and O–H groups in total. The van der Waals surface area contributed by atoms with E-state index in [1.165, 1.54) is 19.2 Å². The molecule has 0 saturated carbocycles. The van der Waals surface area contributed by atoms with E-state index in [1.54, 1.807) is 6.07 Å². The van der Waals surface area contributed by atoms with E-state index in [2.05, 4.69) is 5.32 Å². The number of nitrogens with two attached hydrogens (primary N) is 1. The van der Waals surface area contributed by atoms with Crippen molar-refractivity contribution in [1.82, 2.24) is 5.32 Å². The van der Waals surface area contributed by atoms with E-state index in [1.807, 2.05) is 13.0 Å². The van der Waals surface area contributed by atoms with Crippen LogP contribution in [0.25, 0.3) is 0 Å². The molecule has 0 bridgehead atoms. The van der Waals surface area contributed by atoms with Gasteiger partial charge in [-0.1, -0.05) is 6.92 Å². The summed E-state index contributed by atoms with van der Waals surface area (Å²) < 4.78 is 10.8. The lowest BCUT2D eigenvalue weighted by atomic mass is 10.1. The molecule has 1 heterocycles. The average Bonchev–Trinajstić information content (AvgIpc) is 3.03. The summed E-state index contributed by atoms with van der Waals surface area (Å²) in [6, 6.07) is 7.02. The van der Waals surface area contributed by atoms with Gasteiger partial charge in [0.25, 0.3) is 11.6 Å². The summed E-state index contributed by atoms with van der Waals surface area (Å²) in [7, 11) is 1.51. The third-order valence-corrected chi connectivity index (χ3v) is 3.50. The molecule has 0 fully saturated rings. The molecular formula is C16H19N3O5. The number of furan rings is 1. The Morgan fingerprint density at radius 3 is 2.75 bits per heavy atom. The Balaban J connectivity index is 2.21. The lowest BCUT2D eigenvalue weighted by molar-refractivity contribution is -0.383. The molecule has 0 aliphatic rings. The van der Waals surface area contributed by atoms with Gasteiger partial charge in [-0.25, -0.2) is 0 Å². The molecule has 0 unspecified atom stereocenters. The van der Waals surface area contributed by atoms with Gasteiger partial charge >= 0.3 is 0 Å². The summed E-state index contributed by atoms with van der Waals surface area (Å²) in [5, 5.41) is 13.7. The first-order chi connectivity index (χ1) is 11.5. The Bertz CT molecular complexity index is 741. The number of nitrogens with zero attached hydrogens (tertiary/aromatic N) is 1. The van der Waals surface area contributed by atoms with E-state index in [0.717, 1.165) is 18.2 Å². The lowest BCUT2D eigenvalue weighted by Crippen LogP contribution is -2.31. The lowest BCUT2D eigenvalue weighted by Gasteiger charge is -2.16. The van der Waals surface area contributed by atoms with E-state index in [4.69, 9.17) is 14.9 Å². The van der Waals surface area contributed by atoms with Gasteiger partial charge in [-0.2, -0.15) is 0 Å². The van der Waals surface area contributed by atoms with Crippen LogP contribution in [0, 0.1) is 10.1 Å². The van der Waals surface area contributed by atoms with Crippen LogP contribution in [0.5, 0.6) is 0 Å². The second-order valence-electron chi connectivity index (χ2n) is 5.17. The van der Waals surface area contributed by atoms with Crippen LogP contribution in [0.4, 0.5) is 11.4 Å². The van der Waals surface area contributed by atoms with E-state index in [9.17, 15) is 14.9 Å². The van der Waals surface area contributed by atoms with E-state index < -0.39 is 16.9 Å². The van der Waals surface area contributed by atoms with Crippen molar-refractivity contribution in [3.63, 3.8) is 0 Å². The number of benzene rings is 1. The monoisotopic (exact) mass is 333 g/mol. The molecule has 0 spiro atoms. The zero-order chi connectivity index (χ0) is 17.7. The molecule has 1 amide bonds. The highest BCUT2D eigenvalue weighted by atomic mass is 16.6. The number of amides is 1. The van der Waals surface area contributed by atoms with Crippen molar-refractivity contribution in [2.75, 3.05) is 19.5 Å². The molecule has 8 heteroatoms. The fourth-order valence-corrected chi connectivity index (χ4v) is 2.22. The zero-order valence-corrected chi connectivity index (χ0v) is 13.4. The highest BCUT2D eigenvalue weighted by Crippen LogP contribution is 2.23. The first kappa shape index (κ1) is 17.5. The van der Waals surface area contributed by atoms with Crippen LogP contribution >= 0.6 is 0 Å². The Morgan fingerprint density at radius 2 is 2.17 bits per heavy atom. The number of hydrogen-bond donors (Lipinski definition) is 2. The van der Waals surface area contributed by atoms with Crippen LogP contribution in [-0.2, 0) is 11.2 Å². The number of carbonyl (C=O) groups excluding carboxylic acids is 1. The number of carbonyl (C=O) groups is 1. The maximum Gasteiger partial charge on any atom is 0.292 e. The normalized spacial score (nSPS) is 11.9. The number of aryl methyl sites for hydroxylation is 1. The molecule has 1 aromatic carbocycles. The number of nitro groups is 1. The topological polar surface area (TPSA) is 121 Å². The van der Waals surface area contributed by atoms with Gasteiger partial charge in [-0.15, -0.1) is 0 Å². The second-order valence-corrected chi connectivity index (χ2v) is 5.17. The van der Waals surface area contributed by atoms with Gasteiger partial charge in [-0.3, -0.25) is 14.9 Å². The van der Waals surface area contributed by atoms with Crippen molar-refractivity contribution in [1.29, 1.82) is 0 Å². The first-order valence-corrected chi connectivity index (χ1v) is 7.38. The van der Waals surface area contributed by atoms with Gasteiger partial charge in [0.05, 0.1) is 11.5 Å². The van der Waals surface area contributed by atoms with Gasteiger partial charge in [-0.05, 0) is 24.3 Å². The first-order valence-electron chi connectivity index (χ1n) is 7.38. The minimum Gasteiger partial charge on any atom is -0.464 e. The van der Waals surface area contributed by atoms with Crippen molar-refractivity contribution in [3.8, 4) is 0 Å². The fraction of sp³-hybridized carbons (Fsp3) is 0.312. The molecule has 0 radical (unpaired) electrons. The maximum atomic E-state index is 12.4. The number of nitro benzene ring substituents is 1. The van der Waals surface area contributed by atoms with Crippen molar-refractivity contribution >= 4 is 17.3 Å². The van der Waals surface area contributed by atoms with Crippen LogP contribution in [0.15, 0.2) is 34.7 Å². The van der Waals surface area contributed by atoms with Crippen LogP contribution in [0.2, 0.25) is 0 Å². The summed E-state index contributed by atoms with van der Waals surface area (Å²) in [4.78, 5) is 22.7. The van der Waals surface area contributed by atoms with Crippen molar-refractivity contribution in [2.45, 2.75) is 19.4 Å². The molecule has 128 valence electrons. The van der Waals surface area contributed by atoms with E-state index in [0.29, 0.717) is 5.76 Å². The summed E-state index contributed by atoms with van der Waals surface area (Å²) in [6.07, 6.45) is 0.734. The molecule has 2 aromatic rings. The van der Waals surface area contributed by atoms with Gasteiger partial charge in [0.1, 0.15) is 23.2 Å².